The van der Waals surface area contributed by atoms with E-state index in [4.69, 9.17) is 18.5 Å². The van der Waals surface area contributed by atoms with E-state index >= 15 is 0 Å². The molecule has 0 heterocycles. The van der Waals surface area contributed by atoms with Crippen molar-refractivity contribution in [3.05, 3.63) is 97.2 Å². The van der Waals surface area contributed by atoms with Crippen LogP contribution in [0.15, 0.2) is 97.2 Å². The van der Waals surface area contributed by atoms with Crippen LogP contribution in [0.4, 0.5) is 0 Å². The highest BCUT2D eigenvalue weighted by molar-refractivity contribution is 7.47. The minimum absolute atomic E-state index is 0.0528. The third-order valence-electron chi connectivity index (χ3n) is 10.7. The Hall–Kier alpha value is -3.12. The van der Waals surface area contributed by atoms with Crippen molar-refractivity contribution in [1.82, 2.24) is 0 Å². The van der Waals surface area contributed by atoms with Crippen molar-refractivity contribution in [2.24, 2.45) is 0 Å². The fourth-order valence-electron chi connectivity index (χ4n) is 6.85. The molecule has 1 fully saturated rings. The lowest BCUT2D eigenvalue weighted by Gasteiger charge is -2.43. The normalized spacial score (nSPS) is 22.3. The topological polar surface area (TPSA) is 276 Å². The molecule has 0 spiro atoms. The van der Waals surface area contributed by atoms with Crippen molar-refractivity contribution >= 4 is 27.6 Å². The molecule has 1 aliphatic carbocycles. The van der Waals surface area contributed by atoms with Crippen LogP contribution >= 0.6 is 15.6 Å². The van der Waals surface area contributed by atoms with Gasteiger partial charge >= 0.3 is 27.6 Å². The highest BCUT2D eigenvalue weighted by Gasteiger charge is 2.54. The largest absolute Gasteiger partial charge is 0.472 e. The van der Waals surface area contributed by atoms with Crippen LogP contribution in [0.25, 0.3) is 0 Å². The second-order valence-corrected chi connectivity index (χ2v) is 19.7. The van der Waals surface area contributed by atoms with Crippen LogP contribution in [-0.2, 0) is 41.8 Å². The molecule has 17 nitrogen and oxygen atoms in total. The first-order valence-electron chi connectivity index (χ1n) is 24.8. The van der Waals surface area contributed by atoms with Crippen LogP contribution in [0.2, 0.25) is 0 Å². The predicted molar refractivity (Wildman–Crippen MR) is 270 cm³/mol. The molecule has 19 heteroatoms. The molecule has 0 radical (unpaired) electrons. The molecular formula is C51H84O17P2. The van der Waals surface area contributed by atoms with Crippen molar-refractivity contribution in [3.8, 4) is 0 Å². The molecule has 8 N–H and O–H groups in total. The Labute approximate surface area is 416 Å². The monoisotopic (exact) mass is 1030 g/mol. The summed E-state index contributed by atoms with van der Waals surface area (Å²) in [7, 11) is -10.7. The molecule has 5 unspecified atom stereocenters. The number of aliphatic hydroxyl groups excluding tert-OH is 5. The van der Waals surface area contributed by atoms with Gasteiger partial charge in [-0.2, -0.15) is 0 Å². The lowest BCUT2D eigenvalue weighted by atomic mass is 9.85. The van der Waals surface area contributed by atoms with Crippen LogP contribution < -0.4 is 0 Å². The maximum absolute atomic E-state index is 13.0. The number of carbonyl (C=O) groups is 2. The second-order valence-electron chi connectivity index (χ2n) is 17.1. The highest BCUT2D eigenvalue weighted by Crippen LogP contribution is 2.49. The number of allylic oxidation sites excluding steroid dienone is 16. The molecule has 70 heavy (non-hydrogen) atoms. The number of unbranched alkanes of at least 4 members (excludes halogenated alkanes) is 8. The van der Waals surface area contributed by atoms with Crippen molar-refractivity contribution in [2.75, 3.05) is 13.2 Å². The van der Waals surface area contributed by atoms with Crippen molar-refractivity contribution in [1.29, 1.82) is 0 Å². The Morgan fingerprint density at radius 2 is 0.943 bits per heavy atom. The zero-order valence-electron chi connectivity index (χ0n) is 41.3. The Kier molecular flexibility index (Phi) is 37.4. The van der Waals surface area contributed by atoms with Gasteiger partial charge in [-0.25, -0.2) is 9.13 Å². The number of phosphoric ester groups is 2. The minimum atomic E-state index is -5.38. The van der Waals surface area contributed by atoms with E-state index in [0.29, 0.717) is 25.7 Å². The smallest absolute Gasteiger partial charge is 0.462 e. The van der Waals surface area contributed by atoms with Gasteiger partial charge in [0.25, 0.3) is 0 Å². The van der Waals surface area contributed by atoms with Crippen LogP contribution in [0.5, 0.6) is 0 Å². The van der Waals surface area contributed by atoms with Gasteiger partial charge in [0.05, 0.1) is 12.7 Å². The average Bonchev–Trinajstić information content (AvgIpc) is 3.30. The third kappa shape index (κ3) is 35.1. The maximum atomic E-state index is 13.0. The lowest BCUT2D eigenvalue weighted by Crippen LogP contribution is -2.64. The van der Waals surface area contributed by atoms with E-state index in [-0.39, 0.29) is 18.9 Å². The zero-order valence-corrected chi connectivity index (χ0v) is 43.1. The number of carbonyl (C=O) groups excluding carboxylic acids is 2. The number of hydrogen-bond donors (Lipinski definition) is 8. The van der Waals surface area contributed by atoms with Gasteiger partial charge in [-0.15, -0.1) is 0 Å². The summed E-state index contributed by atoms with van der Waals surface area (Å²) in [5.74, 6) is -1.31. The van der Waals surface area contributed by atoms with E-state index in [9.17, 15) is 58.9 Å². The van der Waals surface area contributed by atoms with Crippen molar-refractivity contribution in [2.45, 2.75) is 198 Å². The molecule has 0 aromatic carbocycles. The molecule has 0 aromatic rings. The molecular weight excluding hydrogens is 946 g/mol. The summed E-state index contributed by atoms with van der Waals surface area (Å²) in [6, 6.07) is 0. The number of rotatable bonds is 40. The molecule has 0 saturated heterocycles. The van der Waals surface area contributed by atoms with Crippen LogP contribution in [0, 0.1) is 0 Å². The van der Waals surface area contributed by atoms with Crippen LogP contribution in [-0.4, -0.2) is 114 Å². The first kappa shape index (κ1) is 64.9. The molecule has 1 aliphatic rings. The first-order chi connectivity index (χ1) is 33.5. The average molecular weight is 1030 g/mol. The van der Waals surface area contributed by atoms with E-state index in [0.717, 1.165) is 96.3 Å². The van der Waals surface area contributed by atoms with Gasteiger partial charge in [0.1, 0.15) is 43.2 Å². The van der Waals surface area contributed by atoms with Crippen LogP contribution in [0.3, 0.4) is 0 Å². The van der Waals surface area contributed by atoms with Crippen LogP contribution in [0.1, 0.15) is 149 Å². The van der Waals surface area contributed by atoms with E-state index in [1.807, 2.05) is 18.2 Å². The van der Waals surface area contributed by atoms with Gasteiger partial charge in [-0.1, -0.05) is 130 Å². The number of esters is 2. The fraction of sp³-hybridized carbons (Fsp3) is 0.647. The number of hydrogen-bond acceptors (Lipinski definition) is 14. The predicted octanol–water partition coefficient (Wildman–Crippen LogP) is 8.92. The summed E-state index contributed by atoms with van der Waals surface area (Å²) in [5.41, 5.74) is 0. The highest BCUT2D eigenvalue weighted by atomic mass is 31.2. The quantitative estimate of drug-likeness (QED) is 0.0123. The van der Waals surface area contributed by atoms with Crippen molar-refractivity contribution in [3.63, 3.8) is 0 Å². The summed E-state index contributed by atoms with van der Waals surface area (Å²) < 4.78 is 49.4. The summed E-state index contributed by atoms with van der Waals surface area (Å²) in [4.78, 5) is 54.4. The molecule has 0 aromatic heterocycles. The van der Waals surface area contributed by atoms with Gasteiger partial charge in [0.2, 0.25) is 0 Å². The van der Waals surface area contributed by atoms with Gasteiger partial charge < -0.3 is 49.7 Å². The summed E-state index contributed by atoms with van der Waals surface area (Å²) in [5, 5.41) is 50.6. The fourth-order valence-corrected chi connectivity index (χ4v) is 8.39. The van der Waals surface area contributed by atoms with Gasteiger partial charge in [-0.3, -0.25) is 23.2 Å². The Bertz CT molecular complexity index is 1730. The lowest BCUT2D eigenvalue weighted by molar-refractivity contribution is -0.216. The standard InChI is InChI=1S/C51H84O17P2/c1-3-4-5-6-7-8-9-10-11-12-13-14-17-20-23-26-29-32-35-38-44(53)64-40-43(41-65-70(62,63)68-51-48(57)46(55)47(56)50(49(51)58)67-69(59,60)61)66-45(54)39-36-33-30-27-24-21-18-15-16-19-22-25-28-31-34-37-42(2)52/h4-5,7-8,10-11,13-14,16,18-19,21,25,27-28,30,42-43,46-52,55-58H,3,6,9,12,15,17,20,22-24,26,29,31-41H2,1-2H3,(H,62,63)(H2,59,60,61)/b5-4-,8-7-,11-10-,14-13-,19-16-,21-18-,28-25-,30-27-/t42-,43+,46?,47?,48?,49?,50+,51-/m0/s1. The minimum Gasteiger partial charge on any atom is -0.462 e. The molecule has 0 aliphatic heterocycles. The zero-order chi connectivity index (χ0) is 51.9. The summed E-state index contributed by atoms with van der Waals surface area (Å²) >= 11 is 0. The number of aliphatic hydroxyl groups is 5. The second kappa shape index (κ2) is 40.4. The first-order valence-corrected chi connectivity index (χ1v) is 27.8. The molecule has 9 atom stereocenters. The van der Waals surface area contributed by atoms with E-state index < -0.39 is 83.5 Å². The summed E-state index contributed by atoms with van der Waals surface area (Å²) in [6.07, 6.45) is 34.9. The molecule has 1 rings (SSSR count). The van der Waals surface area contributed by atoms with E-state index in [1.165, 1.54) is 0 Å². The van der Waals surface area contributed by atoms with Gasteiger partial charge in [-0.05, 0) is 103 Å². The van der Waals surface area contributed by atoms with Crippen molar-refractivity contribution < 1.29 is 82.0 Å². The SMILES string of the molecule is CC/C=C\C/C=C\C/C=C\C/C=C\CCCCCCCCC(=O)OC[C@H](COP(=O)(O)O[C@H]1C(O)C(O)C(O)[C@@H](OP(=O)(O)O)C1O)OC(=O)CCC/C=C\C/C=C\C/C=C\C/C=C\CCC[C@H](C)O. The number of phosphoric acid groups is 2. The van der Waals surface area contributed by atoms with Gasteiger partial charge in [0, 0.05) is 12.8 Å². The van der Waals surface area contributed by atoms with Gasteiger partial charge in [0.15, 0.2) is 6.10 Å². The van der Waals surface area contributed by atoms with E-state index in [1.54, 1.807) is 6.92 Å². The Morgan fingerprint density at radius 3 is 1.44 bits per heavy atom. The molecule has 400 valence electrons. The third-order valence-corrected chi connectivity index (χ3v) is 12.2. The molecule has 0 amide bonds. The molecule has 1 saturated carbocycles. The summed E-state index contributed by atoms with van der Waals surface area (Å²) in [6.45, 7) is 2.49. The Balaban J connectivity index is 2.62. The molecule has 0 bridgehead atoms. The Morgan fingerprint density at radius 1 is 0.514 bits per heavy atom. The van der Waals surface area contributed by atoms with E-state index in [2.05, 4.69) is 90.4 Å². The maximum Gasteiger partial charge on any atom is 0.472 e. The number of ether oxygens (including phenoxy) is 2.